The molecule has 1 atom stereocenters. The molecular formula is C7H11N3. The van der Waals surface area contributed by atoms with Gasteiger partial charge >= 0.3 is 0 Å². The van der Waals surface area contributed by atoms with Crippen molar-refractivity contribution in [1.82, 2.24) is 15.0 Å². The highest BCUT2D eigenvalue weighted by atomic mass is 15.4. The van der Waals surface area contributed by atoms with Crippen molar-refractivity contribution in [3.63, 3.8) is 0 Å². The third kappa shape index (κ3) is 0.735. The summed E-state index contributed by atoms with van der Waals surface area (Å²) in [6.45, 7) is 2.19. The summed E-state index contributed by atoms with van der Waals surface area (Å²) in [5.41, 5.74) is 1.29. The van der Waals surface area contributed by atoms with Crippen LogP contribution in [0, 0.1) is 0 Å². The van der Waals surface area contributed by atoms with E-state index in [1.807, 2.05) is 10.9 Å². The normalized spacial score (nSPS) is 24.3. The summed E-state index contributed by atoms with van der Waals surface area (Å²) in [5.74, 6) is 0. The molecule has 0 spiro atoms. The monoisotopic (exact) mass is 137 g/mol. The van der Waals surface area contributed by atoms with E-state index in [4.69, 9.17) is 0 Å². The number of hydrogen-bond acceptors (Lipinski definition) is 2. The van der Waals surface area contributed by atoms with Gasteiger partial charge in [-0.3, -0.25) is 0 Å². The highest BCUT2D eigenvalue weighted by Crippen LogP contribution is 2.21. The molecule has 54 valence electrons. The maximum absolute atomic E-state index is 4.00. The molecule has 0 aromatic carbocycles. The highest BCUT2D eigenvalue weighted by molar-refractivity contribution is 4.98. The number of aryl methyl sites for hydroxylation is 1. The molecule has 1 aromatic rings. The first-order chi connectivity index (χ1) is 4.88. The van der Waals surface area contributed by atoms with Crippen molar-refractivity contribution < 1.29 is 0 Å². The Morgan fingerprint density at radius 3 is 3.40 bits per heavy atom. The summed E-state index contributed by atoms with van der Waals surface area (Å²) in [7, 11) is 0. The van der Waals surface area contributed by atoms with Gasteiger partial charge in [0.25, 0.3) is 0 Å². The van der Waals surface area contributed by atoms with Gasteiger partial charge in [0, 0.05) is 0 Å². The van der Waals surface area contributed by atoms with Crippen LogP contribution < -0.4 is 0 Å². The Balaban J connectivity index is 2.41. The van der Waals surface area contributed by atoms with Crippen LogP contribution in [0.5, 0.6) is 0 Å². The Morgan fingerprint density at radius 2 is 2.60 bits per heavy atom. The van der Waals surface area contributed by atoms with E-state index >= 15 is 0 Å². The first-order valence-corrected chi connectivity index (χ1v) is 3.77. The third-order valence-electron chi connectivity index (χ3n) is 2.12. The Bertz CT molecular complexity index is 229. The van der Waals surface area contributed by atoms with Crippen molar-refractivity contribution in [1.29, 1.82) is 0 Å². The minimum Gasteiger partial charge on any atom is -0.247 e. The van der Waals surface area contributed by atoms with Gasteiger partial charge in [0.1, 0.15) is 0 Å². The molecule has 0 bridgehead atoms. The average molecular weight is 137 g/mol. The van der Waals surface area contributed by atoms with Crippen LogP contribution in [-0.2, 0) is 6.42 Å². The second-order valence-corrected chi connectivity index (χ2v) is 2.91. The summed E-state index contributed by atoms with van der Waals surface area (Å²) < 4.78 is 2.03. The lowest BCUT2D eigenvalue weighted by Crippen LogP contribution is -2.15. The average Bonchev–Trinajstić information content (AvgIpc) is 2.36. The molecule has 2 rings (SSSR count). The molecule has 0 amide bonds. The van der Waals surface area contributed by atoms with E-state index in [1.54, 1.807) is 0 Å². The quantitative estimate of drug-likeness (QED) is 0.537. The molecule has 1 aliphatic heterocycles. The van der Waals surface area contributed by atoms with E-state index < -0.39 is 0 Å². The van der Waals surface area contributed by atoms with Crippen LogP contribution in [0.15, 0.2) is 6.20 Å². The molecule has 1 aromatic heterocycles. The van der Waals surface area contributed by atoms with Crippen molar-refractivity contribution in [2.45, 2.75) is 32.2 Å². The van der Waals surface area contributed by atoms with E-state index in [1.165, 1.54) is 18.5 Å². The minimum absolute atomic E-state index is 0.561. The number of rotatable bonds is 0. The standard InChI is InChI=1S/C7H11N3/c1-6-3-2-4-7-5-8-9-10(6)7/h5-6H,2-4H2,1H3. The maximum Gasteiger partial charge on any atom is 0.0725 e. The molecule has 0 fully saturated rings. The zero-order valence-corrected chi connectivity index (χ0v) is 6.12. The third-order valence-corrected chi connectivity index (χ3v) is 2.12. The molecule has 10 heavy (non-hydrogen) atoms. The summed E-state index contributed by atoms with van der Waals surface area (Å²) in [5, 5.41) is 7.87. The van der Waals surface area contributed by atoms with Crippen molar-refractivity contribution in [3.05, 3.63) is 11.9 Å². The van der Waals surface area contributed by atoms with Crippen LogP contribution in [0.1, 0.15) is 31.5 Å². The lowest BCUT2D eigenvalue weighted by molar-refractivity contribution is 0.386. The summed E-state index contributed by atoms with van der Waals surface area (Å²) in [4.78, 5) is 0. The zero-order valence-electron chi connectivity index (χ0n) is 6.12. The summed E-state index contributed by atoms with van der Waals surface area (Å²) in [6.07, 6.45) is 5.55. The molecule has 0 N–H and O–H groups in total. The van der Waals surface area contributed by atoms with Gasteiger partial charge in [0.15, 0.2) is 0 Å². The fraction of sp³-hybridized carbons (Fsp3) is 0.714. The number of aromatic nitrogens is 3. The molecule has 0 saturated carbocycles. The number of nitrogens with zero attached hydrogens (tertiary/aromatic N) is 3. The van der Waals surface area contributed by atoms with Gasteiger partial charge < -0.3 is 0 Å². The van der Waals surface area contributed by atoms with Crippen LogP contribution in [0.4, 0.5) is 0 Å². The number of hydrogen-bond donors (Lipinski definition) is 0. The Hall–Kier alpha value is -0.860. The fourth-order valence-corrected chi connectivity index (χ4v) is 1.52. The Kier molecular flexibility index (Phi) is 1.22. The molecule has 1 unspecified atom stereocenters. The molecule has 0 aliphatic carbocycles. The minimum atomic E-state index is 0.561. The van der Waals surface area contributed by atoms with Gasteiger partial charge in [-0.05, 0) is 26.2 Å². The fourth-order valence-electron chi connectivity index (χ4n) is 1.52. The van der Waals surface area contributed by atoms with Crippen LogP contribution >= 0.6 is 0 Å². The second-order valence-electron chi connectivity index (χ2n) is 2.91. The molecule has 0 radical (unpaired) electrons. The summed E-state index contributed by atoms with van der Waals surface area (Å²) >= 11 is 0. The molecule has 1 aliphatic rings. The van der Waals surface area contributed by atoms with Crippen molar-refractivity contribution in [2.24, 2.45) is 0 Å². The Labute approximate surface area is 60.0 Å². The van der Waals surface area contributed by atoms with Crippen LogP contribution in [0.2, 0.25) is 0 Å². The van der Waals surface area contributed by atoms with Crippen molar-refractivity contribution in [2.75, 3.05) is 0 Å². The largest absolute Gasteiger partial charge is 0.247 e. The molecule has 0 saturated heterocycles. The van der Waals surface area contributed by atoms with Gasteiger partial charge in [0.2, 0.25) is 0 Å². The Morgan fingerprint density at radius 1 is 1.70 bits per heavy atom. The molecule has 3 nitrogen and oxygen atoms in total. The van der Waals surface area contributed by atoms with Crippen LogP contribution in [-0.4, -0.2) is 15.0 Å². The van der Waals surface area contributed by atoms with Crippen LogP contribution in [0.3, 0.4) is 0 Å². The first kappa shape index (κ1) is 5.89. The maximum atomic E-state index is 4.00. The topological polar surface area (TPSA) is 30.7 Å². The van der Waals surface area contributed by atoms with Crippen LogP contribution in [0.25, 0.3) is 0 Å². The zero-order chi connectivity index (χ0) is 6.97. The van der Waals surface area contributed by atoms with E-state index in [2.05, 4.69) is 17.2 Å². The molecule has 3 heteroatoms. The van der Waals surface area contributed by atoms with E-state index in [9.17, 15) is 0 Å². The van der Waals surface area contributed by atoms with Gasteiger partial charge in [-0.2, -0.15) is 0 Å². The molecular weight excluding hydrogens is 126 g/mol. The van der Waals surface area contributed by atoms with Crippen molar-refractivity contribution in [3.8, 4) is 0 Å². The van der Waals surface area contributed by atoms with E-state index in [0.29, 0.717) is 6.04 Å². The molecule has 2 heterocycles. The first-order valence-electron chi connectivity index (χ1n) is 3.77. The number of fused-ring (bicyclic) bond motifs is 1. The predicted molar refractivity (Wildman–Crippen MR) is 37.7 cm³/mol. The smallest absolute Gasteiger partial charge is 0.0725 e. The van der Waals surface area contributed by atoms with E-state index in [0.717, 1.165) is 6.42 Å². The van der Waals surface area contributed by atoms with E-state index in [-0.39, 0.29) is 0 Å². The van der Waals surface area contributed by atoms with Gasteiger partial charge in [0.05, 0.1) is 17.9 Å². The summed E-state index contributed by atoms with van der Waals surface area (Å²) in [6, 6.07) is 0.561. The second kappa shape index (κ2) is 2.08. The predicted octanol–water partition coefficient (Wildman–Crippen LogP) is 1.18. The van der Waals surface area contributed by atoms with Gasteiger partial charge in [-0.15, -0.1) is 5.10 Å². The van der Waals surface area contributed by atoms with Gasteiger partial charge in [-0.1, -0.05) is 5.21 Å². The lowest BCUT2D eigenvalue weighted by atomic mass is 10.1. The van der Waals surface area contributed by atoms with Crippen molar-refractivity contribution >= 4 is 0 Å². The lowest BCUT2D eigenvalue weighted by Gasteiger charge is -2.18. The van der Waals surface area contributed by atoms with Gasteiger partial charge in [-0.25, -0.2) is 4.68 Å². The SMILES string of the molecule is CC1CCCc2cnnn21. The highest BCUT2D eigenvalue weighted by Gasteiger charge is 2.15.